The van der Waals surface area contributed by atoms with Crippen LogP contribution >= 0.6 is 22.6 Å². The standard InChI is InChI=1S/C13H21IN2O2/c1-17-8-9-18-7-3-2-6-16-13-5-4-11(15)10-12(13)14/h4-5,10,16H,2-3,6-9,15H2,1H3. The van der Waals surface area contributed by atoms with E-state index in [4.69, 9.17) is 15.2 Å². The Balaban J connectivity index is 2.07. The van der Waals surface area contributed by atoms with Crippen LogP contribution in [0.1, 0.15) is 12.8 Å². The van der Waals surface area contributed by atoms with E-state index in [0.29, 0.717) is 13.2 Å². The summed E-state index contributed by atoms with van der Waals surface area (Å²) in [5, 5.41) is 3.40. The summed E-state index contributed by atoms with van der Waals surface area (Å²) in [6.07, 6.45) is 2.15. The van der Waals surface area contributed by atoms with Crippen LogP contribution in [0.2, 0.25) is 0 Å². The van der Waals surface area contributed by atoms with E-state index in [1.54, 1.807) is 7.11 Å². The van der Waals surface area contributed by atoms with Gasteiger partial charge in [0.15, 0.2) is 0 Å². The zero-order valence-electron chi connectivity index (χ0n) is 10.7. The van der Waals surface area contributed by atoms with Crippen molar-refractivity contribution in [2.75, 3.05) is 44.5 Å². The number of hydrogen-bond donors (Lipinski definition) is 2. The van der Waals surface area contributed by atoms with Gasteiger partial charge in [-0.15, -0.1) is 0 Å². The van der Waals surface area contributed by atoms with Gasteiger partial charge in [-0.05, 0) is 53.6 Å². The number of nitrogens with one attached hydrogen (secondary N) is 1. The number of benzene rings is 1. The second kappa shape index (κ2) is 9.41. The van der Waals surface area contributed by atoms with E-state index in [-0.39, 0.29) is 0 Å². The Hall–Kier alpha value is -0.530. The summed E-state index contributed by atoms with van der Waals surface area (Å²) in [5.74, 6) is 0. The minimum Gasteiger partial charge on any atom is -0.399 e. The van der Waals surface area contributed by atoms with Gasteiger partial charge in [0, 0.05) is 35.2 Å². The summed E-state index contributed by atoms with van der Waals surface area (Å²) in [6.45, 7) is 3.10. The molecule has 3 N–H and O–H groups in total. The predicted octanol–water partition coefficient (Wildman–Crippen LogP) is 2.73. The highest BCUT2D eigenvalue weighted by Crippen LogP contribution is 2.20. The van der Waals surface area contributed by atoms with Crippen LogP contribution in [-0.4, -0.2) is 33.5 Å². The third kappa shape index (κ3) is 6.42. The van der Waals surface area contributed by atoms with Crippen LogP contribution in [-0.2, 0) is 9.47 Å². The van der Waals surface area contributed by atoms with E-state index in [1.807, 2.05) is 18.2 Å². The quantitative estimate of drug-likeness (QED) is 0.402. The fourth-order valence-electron chi connectivity index (χ4n) is 1.47. The molecule has 0 unspecified atom stereocenters. The van der Waals surface area contributed by atoms with E-state index >= 15 is 0 Å². The molecule has 5 heteroatoms. The highest BCUT2D eigenvalue weighted by atomic mass is 127. The first-order valence-electron chi connectivity index (χ1n) is 6.09. The van der Waals surface area contributed by atoms with Gasteiger partial charge in [0.05, 0.1) is 13.2 Å². The van der Waals surface area contributed by atoms with Crippen LogP contribution in [0.25, 0.3) is 0 Å². The zero-order chi connectivity index (χ0) is 13.2. The van der Waals surface area contributed by atoms with Gasteiger partial charge < -0.3 is 20.5 Å². The van der Waals surface area contributed by atoms with Crippen LogP contribution in [0.4, 0.5) is 11.4 Å². The average molecular weight is 364 g/mol. The van der Waals surface area contributed by atoms with Gasteiger partial charge in [0.1, 0.15) is 0 Å². The van der Waals surface area contributed by atoms with Gasteiger partial charge in [-0.1, -0.05) is 0 Å². The summed E-state index contributed by atoms with van der Waals surface area (Å²) in [6, 6.07) is 5.90. The smallest absolute Gasteiger partial charge is 0.0700 e. The van der Waals surface area contributed by atoms with E-state index in [9.17, 15) is 0 Å². The largest absolute Gasteiger partial charge is 0.399 e. The number of unbranched alkanes of at least 4 members (excludes halogenated alkanes) is 1. The Kier molecular flexibility index (Phi) is 8.11. The Bertz CT molecular complexity index is 348. The molecule has 0 aliphatic carbocycles. The molecule has 1 aromatic rings. The van der Waals surface area contributed by atoms with Crippen molar-refractivity contribution in [1.29, 1.82) is 0 Å². The molecule has 0 saturated carbocycles. The maximum atomic E-state index is 5.70. The topological polar surface area (TPSA) is 56.5 Å². The fourth-order valence-corrected chi connectivity index (χ4v) is 2.20. The van der Waals surface area contributed by atoms with Crippen LogP contribution < -0.4 is 11.1 Å². The molecule has 18 heavy (non-hydrogen) atoms. The van der Waals surface area contributed by atoms with Crippen LogP contribution in [0, 0.1) is 3.57 Å². The Morgan fingerprint density at radius 1 is 1.22 bits per heavy atom. The lowest BCUT2D eigenvalue weighted by molar-refractivity contribution is 0.0691. The van der Waals surface area contributed by atoms with Gasteiger partial charge in [-0.2, -0.15) is 0 Å². The fraction of sp³-hybridized carbons (Fsp3) is 0.538. The number of anilines is 2. The van der Waals surface area contributed by atoms with Gasteiger partial charge in [0.2, 0.25) is 0 Å². The lowest BCUT2D eigenvalue weighted by Crippen LogP contribution is -2.07. The van der Waals surface area contributed by atoms with Gasteiger partial charge >= 0.3 is 0 Å². The molecule has 1 rings (SSSR count). The number of nitrogen functional groups attached to an aromatic ring is 1. The van der Waals surface area contributed by atoms with Gasteiger partial charge in [-0.25, -0.2) is 0 Å². The number of rotatable bonds is 9. The molecule has 0 aliphatic heterocycles. The van der Waals surface area contributed by atoms with Gasteiger partial charge in [-0.3, -0.25) is 0 Å². The molecular weight excluding hydrogens is 343 g/mol. The second-order valence-electron chi connectivity index (χ2n) is 3.98. The van der Waals surface area contributed by atoms with Crippen molar-refractivity contribution in [2.45, 2.75) is 12.8 Å². The molecular formula is C13H21IN2O2. The van der Waals surface area contributed by atoms with E-state index in [0.717, 1.165) is 40.9 Å². The monoisotopic (exact) mass is 364 g/mol. The van der Waals surface area contributed by atoms with E-state index in [1.165, 1.54) is 0 Å². The van der Waals surface area contributed by atoms with Gasteiger partial charge in [0.25, 0.3) is 0 Å². The molecule has 0 heterocycles. The van der Waals surface area contributed by atoms with Crippen LogP contribution in [0.15, 0.2) is 18.2 Å². The first-order chi connectivity index (χ1) is 8.74. The molecule has 0 atom stereocenters. The molecule has 0 bridgehead atoms. The molecule has 0 aromatic heterocycles. The maximum absolute atomic E-state index is 5.70. The maximum Gasteiger partial charge on any atom is 0.0700 e. The Morgan fingerprint density at radius 3 is 2.78 bits per heavy atom. The average Bonchev–Trinajstić information content (AvgIpc) is 2.35. The lowest BCUT2D eigenvalue weighted by atomic mass is 10.2. The van der Waals surface area contributed by atoms with Crippen molar-refractivity contribution in [3.63, 3.8) is 0 Å². The first kappa shape index (κ1) is 15.5. The number of methoxy groups -OCH3 is 1. The van der Waals surface area contributed by atoms with Crippen molar-refractivity contribution < 1.29 is 9.47 Å². The molecule has 0 spiro atoms. The van der Waals surface area contributed by atoms with Crippen molar-refractivity contribution >= 4 is 34.0 Å². The molecule has 0 radical (unpaired) electrons. The number of ether oxygens (including phenoxy) is 2. The molecule has 1 aromatic carbocycles. The normalized spacial score (nSPS) is 10.6. The molecule has 0 amide bonds. The van der Waals surface area contributed by atoms with Crippen molar-refractivity contribution in [3.05, 3.63) is 21.8 Å². The third-order valence-corrected chi connectivity index (χ3v) is 3.35. The van der Waals surface area contributed by atoms with E-state index < -0.39 is 0 Å². The first-order valence-corrected chi connectivity index (χ1v) is 7.17. The Labute approximate surface area is 122 Å². The summed E-state index contributed by atoms with van der Waals surface area (Å²) in [7, 11) is 1.68. The molecule has 0 fully saturated rings. The second-order valence-corrected chi connectivity index (χ2v) is 5.14. The SMILES string of the molecule is COCCOCCCCNc1ccc(N)cc1I. The van der Waals surface area contributed by atoms with Crippen LogP contribution in [0.3, 0.4) is 0 Å². The highest BCUT2D eigenvalue weighted by molar-refractivity contribution is 14.1. The highest BCUT2D eigenvalue weighted by Gasteiger charge is 1.98. The number of hydrogen-bond acceptors (Lipinski definition) is 4. The van der Waals surface area contributed by atoms with Crippen LogP contribution in [0.5, 0.6) is 0 Å². The summed E-state index contributed by atoms with van der Waals surface area (Å²) >= 11 is 2.29. The summed E-state index contributed by atoms with van der Waals surface area (Å²) in [4.78, 5) is 0. The molecule has 0 aliphatic rings. The number of halogens is 1. The number of nitrogens with two attached hydrogens (primary N) is 1. The minimum absolute atomic E-state index is 0.669. The predicted molar refractivity (Wildman–Crippen MR) is 84.0 cm³/mol. The molecule has 102 valence electrons. The van der Waals surface area contributed by atoms with Crippen molar-refractivity contribution in [1.82, 2.24) is 0 Å². The molecule has 0 saturated heterocycles. The zero-order valence-corrected chi connectivity index (χ0v) is 12.9. The summed E-state index contributed by atoms with van der Waals surface area (Å²) in [5.41, 5.74) is 7.65. The Morgan fingerprint density at radius 2 is 2.06 bits per heavy atom. The summed E-state index contributed by atoms with van der Waals surface area (Å²) < 4.78 is 11.5. The van der Waals surface area contributed by atoms with Crippen molar-refractivity contribution in [3.8, 4) is 0 Å². The lowest BCUT2D eigenvalue weighted by Gasteiger charge is -2.09. The molecule has 4 nitrogen and oxygen atoms in total. The van der Waals surface area contributed by atoms with E-state index in [2.05, 4.69) is 27.9 Å². The minimum atomic E-state index is 0.669. The third-order valence-electron chi connectivity index (χ3n) is 2.46. The van der Waals surface area contributed by atoms with Crippen molar-refractivity contribution in [2.24, 2.45) is 0 Å².